The van der Waals surface area contributed by atoms with Crippen molar-refractivity contribution in [3.8, 4) is 22.3 Å². The highest BCUT2D eigenvalue weighted by molar-refractivity contribution is 5.93. The Morgan fingerprint density at radius 2 is 1.10 bits per heavy atom. The largest absolute Gasteiger partial charge is 0.453 e. The summed E-state index contributed by atoms with van der Waals surface area (Å²) in [7, 11) is 2.57. The minimum Gasteiger partial charge on any atom is -0.453 e. The van der Waals surface area contributed by atoms with E-state index in [4.69, 9.17) is 14.7 Å². The van der Waals surface area contributed by atoms with E-state index in [9.17, 15) is 19.2 Å². The van der Waals surface area contributed by atoms with Gasteiger partial charge in [0.15, 0.2) is 0 Å². The fourth-order valence-corrected chi connectivity index (χ4v) is 8.39. The van der Waals surface area contributed by atoms with Gasteiger partial charge in [0.2, 0.25) is 11.8 Å². The lowest BCUT2D eigenvalue weighted by molar-refractivity contribution is -0.135. The summed E-state index contributed by atoms with van der Waals surface area (Å²) in [6.07, 6.45) is 1.98. The van der Waals surface area contributed by atoms with Crippen molar-refractivity contribution in [2.75, 3.05) is 27.3 Å². The number of likely N-dealkylation sites (tertiary alicyclic amines) is 2. The van der Waals surface area contributed by atoms with Gasteiger partial charge >= 0.3 is 12.2 Å². The van der Waals surface area contributed by atoms with Gasteiger partial charge in [0.1, 0.15) is 23.7 Å². The first kappa shape index (κ1) is 38.4. The van der Waals surface area contributed by atoms with Crippen LogP contribution in [-0.2, 0) is 19.1 Å². The van der Waals surface area contributed by atoms with Crippen molar-refractivity contribution in [3.63, 3.8) is 0 Å². The molecule has 14 heteroatoms. The third kappa shape index (κ3) is 7.41. The Hall–Kier alpha value is -6.44. The maximum absolute atomic E-state index is 13.7. The van der Waals surface area contributed by atoms with Gasteiger partial charge in [0.05, 0.1) is 48.4 Å². The van der Waals surface area contributed by atoms with Gasteiger partial charge in [-0.05, 0) is 108 Å². The van der Waals surface area contributed by atoms with Gasteiger partial charge in [-0.2, -0.15) is 0 Å². The quantitative estimate of drug-likeness (QED) is 0.118. The summed E-state index contributed by atoms with van der Waals surface area (Å²) in [6, 6.07) is 23.4. The number of aromatic amines is 2. The number of methoxy groups -OCH3 is 2. The van der Waals surface area contributed by atoms with E-state index in [2.05, 4.69) is 86.0 Å². The number of alkyl carbamates (subject to hydrolysis) is 2. The van der Waals surface area contributed by atoms with Gasteiger partial charge in [-0.15, -0.1) is 0 Å². The molecule has 4 heterocycles. The van der Waals surface area contributed by atoms with Crippen LogP contribution in [0.3, 0.4) is 0 Å². The maximum Gasteiger partial charge on any atom is 0.407 e. The molecule has 2 aromatic heterocycles. The fraction of sp³-hybridized carbons (Fsp3) is 0.364. The van der Waals surface area contributed by atoms with Crippen LogP contribution in [0.15, 0.2) is 72.8 Å². The van der Waals surface area contributed by atoms with E-state index < -0.39 is 24.3 Å². The molecule has 8 rings (SSSR count). The first-order valence-electron chi connectivity index (χ1n) is 19.8. The molecule has 300 valence electrons. The first-order chi connectivity index (χ1) is 28.0. The zero-order chi connectivity index (χ0) is 40.7. The van der Waals surface area contributed by atoms with E-state index in [0.29, 0.717) is 13.1 Å². The molecule has 2 saturated heterocycles. The molecule has 4 N–H and O–H groups in total. The molecule has 0 unspecified atom stereocenters. The highest BCUT2D eigenvalue weighted by Gasteiger charge is 2.38. The Labute approximate surface area is 335 Å². The van der Waals surface area contributed by atoms with Crippen molar-refractivity contribution in [3.05, 3.63) is 84.4 Å². The average molecular weight is 785 g/mol. The molecule has 0 spiro atoms. The third-order valence-electron chi connectivity index (χ3n) is 11.5. The lowest BCUT2D eigenvalue weighted by Gasteiger charge is -2.29. The van der Waals surface area contributed by atoms with E-state index in [0.717, 1.165) is 92.4 Å². The smallest absolute Gasteiger partial charge is 0.407 e. The highest BCUT2D eigenvalue weighted by Crippen LogP contribution is 2.36. The van der Waals surface area contributed by atoms with Gasteiger partial charge in [0, 0.05) is 13.1 Å². The standard InChI is InChI=1S/C44H48N8O6/c1-24(2)38(50-44(56)58-5)42(54)52-19-7-9-37(52)40-47-33-17-15-30(23-35(33)49-40)28-13-11-26-10-12-27(20-31(26)21-28)29-14-16-32-34(22-29)48-39(46-32)36-8-6-18-51(36)41(53)25(3)45-43(55)57-4/h10-17,20-25,36-38H,6-9,18-19H2,1-5H3,(H,45,55)(H,46,48)(H,47,49)(H,50,56)/t25-,36+,37+,38-/m1/s1. The van der Waals surface area contributed by atoms with E-state index >= 15 is 0 Å². The normalized spacial score (nSPS) is 17.9. The van der Waals surface area contributed by atoms with Crippen molar-refractivity contribution < 1.29 is 28.7 Å². The van der Waals surface area contributed by atoms with Crippen LogP contribution in [0, 0.1) is 5.92 Å². The van der Waals surface area contributed by atoms with Crippen molar-refractivity contribution >= 4 is 56.8 Å². The van der Waals surface area contributed by atoms with Crippen LogP contribution in [0.25, 0.3) is 55.1 Å². The number of hydrogen-bond donors (Lipinski definition) is 4. The molecule has 58 heavy (non-hydrogen) atoms. The molecule has 0 bridgehead atoms. The zero-order valence-corrected chi connectivity index (χ0v) is 33.3. The van der Waals surface area contributed by atoms with Gasteiger partial charge in [-0.1, -0.05) is 50.2 Å². The second kappa shape index (κ2) is 15.8. The molecule has 4 amide bonds. The number of carbonyl (C=O) groups is 4. The predicted octanol–water partition coefficient (Wildman–Crippen LogP) is 7.38. The van der Waals surface area contributed by atoms with Crippen LogP contribution < -0.4 is 10.6 Å². The molecule has 0 aliphatic carbocycles. The zero-order valence-electron chi connectivity index (χ0n) is 33.3. The van der Waals surface area contributed by atoms with Crippen molar-refractivity contribution in [2.24, 2.45) is 5.92 Å². The van der Waals surface area contributed by atoms with Crippen LogP contribution in [-0.4, -0.2) is 93.1 Å². The Morgan fingerprint density at radius 3 is 1.60 bits per heavy atom. The van der Waals surface area contributed by atoms with Crippen LogP contribution in [0.4, 0.5) is 9.59 Å². The minimum absolute atomic E-state index is 0.111. The van der Waals surface area contributed by atoms with Crippen LogP contribution in [0.5, 0.6) is 0 Å². The monoisotopic (exact) mass is 784 g/mol. The van der Waals surface area contributed by atoms with Crippen molar-refractivity contribution in [1.29, 1.82) is 0 Å². The average Bonchev–Trinajstić information content (AvgIpc) is 4.06. The molecule has 4 aromatic carbocycles. The Balaban J connectivity index is 1.02. The van der Waals surface area contributed by atoms with E-state index in [1.807, 2.05) is 30.9 Å². The van der Waals surface area contributed by atoms with Crippen molar-refractivity contribution in [1.82, 2.24) is 40.4 Å². The number of carbonyl (C=O) groups excluding carboxylic acids is 4. The third-order valence-corrected chi connectivity index (χ3v) is 11.5. The SMILES string of the molecule is COC(=O)N[C@H](C)C(=O)N1CCC[C@H]1c1nc2ccc(-c3ccc4ccc(-c5ccc6nc([C@@H]7CCCN7C(=O)[C@H](NC(=O)OC)C(C)C)[nH]c6c5)cc4c3)cc2[nH]1. The van der Waals surface area contributed by atoms with Gasteiger partial charge in [0.25, 0.3) is 0 Å². The number of imidazole rings is 2. The molecule has 2 aliphatic heterocycles. The Kier molecular flexibility index (Phi) is 10.5. The summed E-state index contributed by atoms with van der Waals surface area (Å²) >= 11 is 0. The van der Waals surface area contributed by atoms with E-state index in [1.165, 1.54) is 14.2 Å². The molecule has 0 radical (unpaired) electrons. The molecular weight excluding hydrogens is 737 g/mol. The number of amides is 4. The number of nitrogens with zero attached hydrogens (tertiary/aromatic N) is 4. The summed E-state index contributed by atoms with van der Waals surface area (Å²) < 4.78 is 9.46. The Bertz CT molecular complexity index is 2540. The van der Waals surface area contributed by atoms with Crippen molar-refractivity contribution in [2.45, 2.75) is 70.6 Å². The number of aromatic nitrogens is 4. The topological polar surface area (TPSA) is 175 Å². The number of rotatable bonds is 9. The van der Waals surface area contributed by atoms with Gasteiger partial charge in [-0.3, -0.25) is 9.59 Å². The second-order valence-corrected chi connectivity index (χ2v) is 15.6. The fourth-order valence-electron chi connectivity index (χ4n) is 8.39. The molecule has 4 atom stereocenters. The van der Waals surface area contributed by atoms with Crippen LogP contribution >= 0.6 is 0 Å². The number of fused-ring (bicyclic) bond motifs is 3. The summed E-state index contributed by atoms with van der Waals surface area (Å²) in [5.41, 5.74) is 7.62. The summed E-state index contributed by atoms with van der Waals surface area (Å²) in [6.45, 7) is 6.66. The minimum atomic E-state index is -0.715. The molecule has 6 aromatic rings. The van der Waals surface area contributed by atoms with Crippen LogP contribution in [0.2, 0.25) is 0 Å². The lowest BCUT2D eigenvalue weighted by Crippen LogP contribution is -2.51. The molecular formula is C44H48N8O6. The van der Waals surface area contributed by atoms with E-state index in [1.54, 1.807) is 11.8 Å². The number of ether oxygens (including phenoxy) is 2. The highest BCUT2D eigenvalue weighted by atomic mass is 16.5. The summed E-state index contributed by atoms with van der Waals surface area (Å²) in [5, 5.41) is 7.51. The molecule has 2 aliphatic rings. The Morgan fingerprint density at radius 1 is 0.638 bits per heavy atom. The molecule has 14 nitrogen and oxygen atoms in total. The van der Waals surface area contributed by atoms with Gasteiger partial charge in [-0.25, -0.2) is 19.6 Å². The number of H-pyrrole nitrogens is 2. The lowest BCUT2D eigenvalue weighted by atomic mass is 9.97. The first-order valence-corrected chi connectivity index (χ1v) is 19.8. The van der Waals surface area contributed by atoms with E-state index in [-0.39, 0.29) is 29.8 Å². The second-order valence-electron chi connectivity index (χ2n) is 15.6. The maximum atomic E-state index is 13.7. The number of benzene rings is 4. The number of hydrogen-bond acceptors (Lipinski definition) is 8. The summed E-state index contributed by atoms with van der Waals surface area (Å²) in [4.78, 5) is 71.1. The number of nitrogens with one attached hydrogen (secondary N) is 4. The van der Waals surface area contributed by atoms with Crippen LogP contribution in [0.1, 0.15) is 70.2 Å². The van der Waals surface area contributed by atoms with Gasteiger partial charge < -0.3 is 39.9 Å². The summed E-state index contributed by atoms with van der Waals surface area (Å²) in [5.74, 6) is 1.05. The molecule has 2 fully saturated rings. The predicted molar refractivity (Wildman–Crippen MR) is 221 cm³/mol. The molecule has 0 saturated carbocycles.